The van der Waals surface area contributed by atoms with E-state index in [1.165, 1.54) is 7.11 Å². The zero-order valence-corrected chi connectivity index (χ0v) is 13.9. The van der Waals surface area contributed by atoms with Gasteiger partial charge in [-0.3, -0.25) is 4.79 Å². The fraction of sp³-hybridized carbons (Fsp3) is 0.500. The molecule has 3 nitrogen and oxygen atoms in total. The van der Waals surface area contributed by atoms with Gasteiger partial charge >= 0.3 is 5.97 Å². The minimum atomic E-state index is -0.910. The summed E-state index contributed by atoms with van der Waals surface area (Å²) in [5.41, 5.74) is 4.98. The molecule has 0 spiro atoms. The lowest BCUT2D eigenvalue weighted by atomic mass is 9.97. The molecular weight excluding hydrogens is 317 g/mol. The lowest BCUT2D eigenvalue weighted by Gasteiger charge is -2.20. The summed E-state index contributed by atoms with van der Waals surface area (Å²) in [5.74, 6) is 0.528. The molecule has 0 fully saturated rings. The first kappa shape index (κ1) is 17.6. The number of hydrogen-bond donors (Lipinski definition) is 1. The van der Waals surface area contributed by atoms with E-state index in [9.17, 15) is 4.79 Å². The molecule has 1 rings (SSSR count). The summed E-state index contributed by atoms with van der Waals surface area (Å²) in [5, 5.41) is 1.38. The van der Waals surface area contributed by atoms with E-state index < -0.39 is 5.54 Å². The van der Waals surface area contributed by atoms with Crippen molar-refractivity contribution in [3.63, 3.8) is 0 Å². The molecule has 6 heteroatoms. The Morgan fingerprint density at radius 3 is 2.75 bits per heavy atom. The van der Waals surface area contributed by atoms with E-state index in [-0.39, 0.29) is 5.97 Å². The third-order valence-electron chi connectivity index (χ3n) is 2.89. The minimum Gasteiger partial charge on any atom is -0.468 e. The third kappa shape index (κ3) is 5.52. The number of thioether (sulfide) groups is 1. The Labute approximate surface area is 134 Å². The molecule has 1 atom stereocenters. The summed E-state index contributed by atoms with van der Waals surface area (Å²) in [4.78, 5) is 12.4. The third-order valence-corrected chi connectivity index (χ3v) is 4.71. The van der Waals surface area contributed by atoms with Crippen LogP contribution in [-0.2, 0) is 9.53 Å². The van der Waals surface area contributed by atoms with Crippen LogP contribution in [0.15, 0.2) is 23.1 Å². The number of halogens is 2. The van der Waals surface area contributed by atoms with Gasteiger partial charge in [-0.05, 0) is 43.7 Å². The van der Waals surface area contributed by atoms with E-state index in [1.807, 2.05) is 6.07 Å². The number of nitrogens with two attached hydrogens (primary N) is 1. The maximum Gasteiger partial charge on any atom is 0.325 e. The maximum absolute atomic E-state index is 11.4. The SMILES string of the molecule is COC(=O)C(C)(N)CCCCSc1cc(Cl)ccc1Cl. The van der Waals surface area contributed by atoms with Gasteiger partial charge in [0.2, 0.25) is 0 Å². The van der Waals surface area contributed by atoms with Crippen molar-refractivity contribution in [3.05, 3.63) is 28.2 Å². The monoisotopic (exact) mass is 335 g/mol. The van der Waals surface area contributed by atoms with Gasteiger partial charge in [0.15, 0.2) is 0 Å². The number of esters is 1. The average Bonchev–Trinajstić information content (AvgIpc) is 2.41. The number of hydrogen-bond acceptors (Lipinski definition) is 4. The van der Waals surface area contributed by atoms with Crippen LogP contribution < -0.4 is 5.73 Å². The zero-order chi connectivity index (χ0) is 15.2. The van der Waals surface area contributed by atoms with E-state index in [0.29, 0.717) is 16.5 Å². The van der Waals surface area contributed by atoms with Crippen molar-refractivity contribution in [2.75, 3.05) is 12.9 Å². The minimum absolute atomic E-state index is 0.372. The Balaban J connectivity index is 2.32. The van der Waals surface area contributed by atoms with Gasteiger partial charge in [0, 0.05) is 9.92 Å². The predicted molar refractivity (Wildman–Crippen MR) is 85.6 cm³/mol. The van der Waals surface area contributed by atoms with Crippen LogP contribution in [0.4, 0.5) is 0 Å². The molecule has 20 heavy (non-hydrogen) atoms. The normalized spacial score (nSPS) is 13.8. The smallest absolute Gasteiger partial charge is 0.325 e. The van der Waals surface area contributed by atoms with E-state index in [4.69, 9.17) is 28.9 Å². The summed E-state index contributed by atoms with van der Waals surface area (Å²) >= 11 is 13.7. The van der Waals surface area contributed by atoms with Crippen molar-refractivity contribution < 1.29 is 9.53 Å². The van der Waals surface area contributed by atoms with Crippen LogP contribution in [0, 0.1) is 0 Å². The number of rotatable bonds is 7. The van der Waals surface area contributed by atoms with Gasteiger partial charge in [-0.1, -0.05) is 29.6 Å². The molecule has 1 aromatic rings. The van der Waals surface area contributed by atoms with E-state index >= 15 is 0 Å². The first-order chi connectivity index (χ1) is 9.36. The number of benzene rings is 1. The molecule has 0 heterocycles. The fourth-order valence-corrected chi connectivity index (χ4v) is 3.20. The van der Waals surface area contributed by atoms with Gasteiger partial charge in [-0.2, -0.15) is 0 Å². The molecule has 0 aliphatic heterocycles. The summed E-state index contributed by atoms with van der Waals surface area (Å²) in [6.45, 7) is 1.69. The molecule has 2 N–H and O–H groups in total. The number of carbonyl (C=O) groups excluding carboxylic acids is 1. The molecule has 0 saturated heterocycles. The summed E-state index contributed by atoms with van der Waals surface area (Å²) in [6, 6.07) is 5.42. The van der Waals surface area contributed by atoms with Crippen molar-refractivity contribution in [3.8, 4) is 0 Å². The average molecular weight is 336 g/mol. The van der Waals surface area contributed by atoms with Crippen molar-refractivity contribution in [1.29, 1.82) is 0 Å². The van der Waals surface area contributed by atoms with Crippen molar-refractivity contribution in [1.82, 2.24) is 0 Å². The van der Waals surface area contributed by atoms with E-state index in [0.717, 1.165) is 23.5 Å². The summed E-state index contributed by atoms with van der Waals surface area (Å²) in [6.07, 6.45) is 2.40. The lowest BCUT2D eigenvalue weighted by molar-refractivity contribution is -0.146. The number of methoxy groups -OCH3 is 1. The Morgan fingerprint density at radius 1 is 1.40 bits per heavy atom. The van der Waals surface area contributed by atoms with Crippen LogP contribution >= 0.6 is 35.0 Å². The molecule has 1 aromatic carbocycles. The van der Waals surface area contributed by atoms with Gasteiger partial charge in [-0.15, -0.1) is 11.8 Å². The van der Waals surface area contributed by atoms with Crippen molar-refractivity contribution in [2.45, 2.75) is 36.6 Å². The molecule has 0 radical (unpaired) electrons. The largest absolute Gasteiger partial charge is 0.468 e. The van der Waals surface area contributed by atoms with Crippen LogP contribution in [0.25, 0.3) is 0 Å². The topological polar surface area (TPSA) is 52.3 Å². The van der Waals surface area contributed by atoms with Crippen LogP contribution in [0.1, 0.15) is 26.2 Å². The zero-order valence-electron chi connectivity index (χ0n) is 11.6. The maximum atomic E-state index is 11.4. The Bertz CT molecular complexity index is 466. The quantitative estimate of drug-likeness (QED) is 0.462. The van der Waals surface area contributed by atoms with Crippen molar-refractivity contribution >= 4 is 40.9 Å². The predicted octanol–water partition coefficient (Wildman–Crippen LogP) is 4.15. The van der Waals surface area contributed by atoms with Gasteiger partial charge in [-0.25, -0.2) is 0 Å². The van der Waals surface area contributed by atoms with Gasteiger partial charge < -0.3 is 10.5 Å². The molecule has 0 amide bonds. The number of unbranched alkanes of at least 4 members (excludes halogenated alkanes) is 1. The first-order valence-corrected chi connectivity index (χ1v) is 8.06. The van der Waals surface area contributed by atoms with Gasteiger partial charge in [0.25, 0.3) is 0 Å². The molecule has 0 bridgehead atoms. The van der Waals surface area contributed by atoms with Gasteiger partial charge in [0.1, 0.15) is 5.54 Å². The highest BCUT2D eigenvalue weighted by molar-refractivity contribution is 7.99. The second-order valence-corrected chi connectivity index (χ2v) is 6.77. The van der Waals surface area contributed by atoms with Crippen LogP contribution in [0.2, 0.25) is 10.0 Å². The molecule has 0 aliphatic rings. The highest BCUT2D eigenvalue weighted by atomic mass is 35.5. The van der Waals surface area contributed by atoms with Gasteiger partial charge in [0.05, 0.1) is 12.1 Å². The fourth-order valence-electron chi connectivity index (χ4n) is 1.70. The molecule has 0 aromatic heterocycles. The lowest BCUT2D eigenvalue weighted by Crippen LogP contribution is -2.45. The highest BCUT2D eigenvalue weighted by Crippen LogP contribution is 2.30. The van der Waals surface area contributed by atoms with Crippen LogP contribution in [-0.4, -0.2) is 24.4 Å². The summed E-state index contributed by atoms with van der Waals surface area (Å²) in [7, 11) is 1.35. The highest BCUT2D eigenvalue weighted by Gasteiger charge is 2.28. The van der Waals surface area contributed by atoms with Crippen LogP contribution in [0.5, 0.6) is 0 Å². The Kier molecular flexibility index (Phi) is 7.17. The number of ether oxygens (including phenoxy) is 1. The Hall–Kier alpha value is -0.420. The first-order valence-electron chi connectivity index (χ1n) is 6.32. The molecule has 1 unspecified atom stereocenters. The summed E-state index contributed by atoms with van der Waals surface area (Å²) < 4.78 is 4.67. The molecule has 0 saturated carbocycles. The van der Waals surface area contributed by atoms with Crippen LogP contribution in [0.3, 0.4) is 0 Å². The standard InChI is InChI=1S/C14H19Cl2NO2S/c1-14(17,13(18)19-2)7-3-4-8-20-12-9-10(15)5-6-11(12)16/h5-6,9H,3-4,7-8,17H2,1-2H3. The second-order valence-electron chi connectivity index (χ2n) is 4.79. The molecular formula is C14H19Cl2NO2S. The second kappa shape index (κ2) is 8.13. The number of carbonyl (C=O) groups is 1. The molecule has 0 aliphatic carbocycles. The Morgan fingerprint density at radius 2 is 2.10 bits per heavy atom. The van der Waals surface area contributed by atoms with E-state index in [2.05, 4.69) is 4.74 Å². The van der Waals surface area contributed by atoms with E-state index in [1.54, 1.807) is 30.8 Å². The van der Waals surface area contributed by atoms with Crippen molar-refractivity contribution in [2.24, 2.45) is 5.73 Å². The molecule has 112 valence electrons.